The van der Waals surface area contributed by atoms with Crippen molar-refractivity contribution in [1.82, 2.24) is 0 Å². The van der Waals surface area contributed by atoms with E-state index in [1.807, 2.05) is 6.07 Å². The normalized spacial score (nSPS) is 26.1. The molecule has 2 rings (SSSR count). The summed E-state index contributed by atoms with van der Waals surface area (Å²) in [7, 11) is 0. The molecule has 2 atom stereocenters. The van der Waals surface area contributed by atoms with Crippen LogP contribution in [0.5, 0.6) is 0 Å². The molecule has 0 amide bonds. The molecule has 1 aliphatic carbocycles. The van der Waals surface area contributed by atoms with Crippen LogP contribution < -0.4 is 0 Å². The first-order valence-corrected chi connectivity index (χ1v) is 5.56. The molecule has 1 aliphatic rings. The van der Waals surface area contributed by atoms with E-state index in [0.29, 0.717) is 22.2 Å². The van der Waals surface area contributed by atoms with Gasteiger partial charge in [-0.2, -0.15) is 0 Å². The monoisotopic (exact) mass is 262 g/mol. The fourth-order valence-corrected chi connectivity index (χ4v) is 2.16. The molecule has 0 radical (unpaired) electrons. The Morgan fingerprint density at radius 3 is 2.85 bits per heavy atom. The average molecular weight is 264 g/mol. The van der Waals surface area contributed by atoms with Crippen LogP contribution in [-0.2, 0) is 0 Å². The van der Waals surface area contributed by atoms with Gasteiger partial charge >= 0.3 is 0 Å². The Balaban J connectivity index is 2.19. The van der Waals surface area contributed by atoms with Crippen LogP contribution in [0.4, 0.5) is 4.39 Å². The number of rotatable bonds is 2. The highest BCUT2D eigenvalue weighted by Crippen LogP contribution is 2.48. The van der Waals surface area contributed by atoms with Gasteiger partial charge in [-0.25, -0.2) is 4.39 Å². The molecule has 0 nitrogen and oxygen atoms in total. The van der Waals surface area contributed by atoms with Crippen molar-refractivity contribution in [3.63, 3.8) is 0 Å². The highest BCUT2D eigenvalue weighted by Gasteiger charge is 2.37. The number of hydrogen-bond acceptors (Lipinski definition) is 0. The van der Waals surface area contributed by atoms with Crippen molar-refractivity contribution in [2.24, 2.45) is 5.92 Å². The van der Waals surface area contributed by atoms with Crippen molar-refractivity contribution < 1.29 is 4.39 Å². The Labute approximate surface area is 90.2 Å². The molecule has 0 spiro atoms. The minimum atomic E-state index is -0.183. The molecular formula is C10H9BrClF. The summed E-state index contributed by atoms with van der Waals surface area (Å²) in [5.41, 5.74) is 1.08. The van der Waals surface area contributed by atoms with Gasteiger partial charge in [0.1, 0.15) is 5.82 Å². The van der Waals surface area contributed by atoms with Gasteiger partial charge in [0, 0.05) is 5.88 Å². The van der Waals surface area contributed by atoms with Gasteiger partial charge in [0.15, 0.2) is 0 Å². The first-order chi connectivity index (χ1) is 6.22. The van der Waals surface area contributed by atoms with Crippen LogP contribution in [0.25, 0.3) is 0 Å². The first kappa shape index (κ1) is 9.47. The third-order valence-electron chi connectivity index (χ3n) is 2.49. The number of hydrogen-bond donors (Lipinski definition) is 0. The van der Waals surface area contributed by atoms with E-state index < -0.39 is 0 Å². The van der Waals surface area contributed by atoms with E-state index >= 15 is 0 Å². The molecular weight excluding hydrogens is 254 g/mol. The molecule has 0 aromatic heterocycles. The second kappa shape index (κ2) is 3.58. The van der Waals surface area contributed by atoms with E-state index in [4.69, 9.17) is 11.6 Å². The molecule has 70 valence electrons. The Hall–Kier alpha value is -0.0800. The highest BCUT2D eigenvalue weighted by atomic mass is 79.9. The van der Waals surface area contributed by atoms with Crippen LogP contribution in [0, 0.1) is 11.7 Å². The lowest BCUT2D eigenvalue weighted by molar-refractivity contribution is 0.618. The molecule has 2 unspecified atom stereocenters. The number of alkyl halides is 1. The van der Waals surface area contributed by atoms with Gasteiger partial charge in [0.2, 0.25) is 0 Å². The minimum Gasteiger partial charge on any atom is -0.206 e. The molecule has 13 heavy (non-hydrogen) atoms. The zero-order valence-electron chi connectivity index (χ0n) is 6.93. The summed E-state index contributed by atoms with van der Waals surface area (Å²) in [5.74, 6) is 1.54. The van der Waals surface area contributed by atoms with Gasteiger partial charge in [0.25, 0.3) is 0 Å². The fraction of sp³-hybridized carbons (Fsp3) is 0.400. The van der Waals surface area contributed by atoms with Gasteiger partial charge in [0.05, 0.1) is 4.47 Å². The quantitative estimate of drug-likeness (QED) is 0.709. The van der Waals surface area contributed by atoms with Gasteiger partial charge < -0.3 is 0 Å². The zero-order valence-corrected chi connectivity index (χ0v) is 9.28. The zero-order chi connectivity index (χ0) is 9.42. The van der Waals surface area contributed by atoms with Crippen LogP contribution in [-0.4, -0.2) is 5.88 Å². The summed E-state index contributed by atoms with van der Waals surface area (Å²) >= 11 is 8.84. The maximum atomic E-state index is 13.1. The molecule has 1 aromatic carbocycles. The van der Waals surface area contributed by atoms with Crippen molar-refractivity contribution in [2.45, 2.75) is 12.3 Å². The predicted molar refractivity (Wildman–Crippen MR) is 55.7 cm³/mol. The third kappa shape index (κ3) is 1.89. The molecule has 0 bridgehead atoms. The highest BCUT2D eigenvalue weighted by molar-refractivity contribution is 9.10. The lowest BCUT2D eigenvalue weighted by Crippen LogP contribution is -1.87. The van der Waals surface area contributed by atoms with Crippen LogP contribution in [0.3, 0.4) is 0 Å². The van der Waals surface area contributed by atoms with Crippen molar-refractivity contribution in [1.29, 1.82) is 0 Å². The largest absolute Gasteiger partial charge is 0.206 e. The predicted octanol–water partition coefficient (Wildman–Crippen LogP) is 3.93. The Bertz CT molecular complexity index is 327. The molecule has 0 N–H and O–H groups in total. The lowest BCUT2D eigenvalue weighted by Gasteiger charge is -2.00. The maximum Gasteiger partial charge on any atom is 0.137 e. The molecule has 3 heteroatoms. The molecule has 0 aliphatic heterocycles. The topological polar surface area (TPSA) is 0 Å². The summed E-state index contributed by atoms with van der Waals surface area (Å²) in [6.07, 6.45) is 1.10. The van der Waals surface area contributed by atoms with Crippen molar-refractivity contribution in [3.05, 3.63) is 34.1 Å². The fourth-order valence-electron chi connectivity index (χ4n) is 1.57. The van der Waals surface area contributed by atoms with E-state index in [1.54, 1.807) is 12.1 Å². The van der Waals surface area contributed by atoms with E-state index in [2.05, 4.69) is 15.9 Å². The third-order valence-corrected chi connectivity index (χ3v) is 3.53. The smallest absolute Gasteiger partial charge is 0.137 e. The molecule has 1 aromatic rings. The first-order valence-electron chi connectivity index (χ1n) is 4.23. The van der Waals surface area contributed by atoms with Crippen molar-refractivity contribution >= 4 is 27.5 Å². The lowest BCUT2D eigenvalue weighted by atomic mass is 10.1. The van der Waals surface area contributed by atoms with Crippen LogP contribution >= 0.6 is 27.5 Å². The number of benzene rings is 1. The van der Waals surface area contributed by atoms with Gasteiger partial charge in [-0.3, -0.25) is 0 Å². The molecule has 1 fully saturated rings. The average Bonchev–Trinajstić information content (AvgIpc) is 2.88. The second-order valence-electron chi connectivity index (χ2n) is 3.43. The SMILES string of the molecule is Fc1cc(C2CC2CCl)ccc1Br. The van der Waals surface area contributed by atoms with Gasteiger partial charge in [-0.15, -0.1) is 11.6 Å². The Morgan fingerprint density at radius 2 is 2.31 bits per heavy atom. The van der Waals surface area contributed by atoms with E-state index in [1.165, 1.54) is 0 Å². The Kier molecular flexibility index (Phi) is 2.61. The van der Waals surface area contributed by atoms with Crippen LogP contribution in [0.15, 0.2) is 22.7 Å². The van der Waals surface area contributed by atoms with Gasteiger partial charge in [-0.1, -0.05) is 6.07 Å². The summed E-state index contributed by atoms with van der Waals surface area (Å²) < 4.78 is 13.6. The summed E-state index contributed by atoms with van der Waals surface area (Å²) in [4.78, 5) is 0. The summed E-state index contributed by atoms with van der Waals surface area (Å²) in [6.45, 7) is 0. The van der Waals surface area contributed by atoms with Crippen molar-refractivity contribution in [3.8, 4) is 0 Å². The second-order valence-corrected chi connectivity index (χ2v) is 4.59. The summed E-state index contributed by atoms with van der Waals surface area (Å²) in [6, 6.07) is 5.32. The van der Waals surface area contributed by atoms with Crippen LogP contribution in [0.1, 0.15) is 17.9 Å². The van der Waals surface area contributed by atoms with E-state index in [0.717, 1.165) is 12.0 Å². The van der Waals surface area contributed by atoms with E-state index in [-0.39, 0.29) is 5.82 Å². The van der Waals surface area contributed by atoms with Gasteiger partial charge in [-0.05, 0) is 51.9 Å². The maximum absolute atomic E-state index is 13.1. The summed E-state index contributed by atoms with van der Waals surface area (Å²) in [5, 5.41) is 0. The van der Waals surface area contributed by atoms with Crippen LogP contribution in [0.2, 0.25) is 0 Å². The van der Waals surface area contributed by atoms with Crippen molar-refractivity contribution in [2.75, 3.05) is 5.88 Å². The standard InChI is InChI=1S/C10H9BrClF/c11-9-2-1-6(4-10(9)13)8-3-7(8)5-12/h1-2,4,7-8H,3,5H2. The minimum absolute atomic E-state index is 0.183. The Morgan fingerprint density at radius 1 is 1.54 bits per heavy atom. The number of halogens is 3. The molecule has 0 saturated heterocycles. The molecule has 0 heterocycles. The molecule has 1 saturated carbocycles. The van der Waals surface area contributed by atoms with E-state index in [9.17, 15) is 4.39 Å².